The maximum atomic E-state index is 14.6. The molecule has 228 valence electrons. The average Bonchev–Trinajstić information content (AvgIpc) is 3.75. The number of benzene rings is 1. The lowest BCUT2D eigenvalue weighted by Crippen LogP contribution is -2.68. The van der Waals surface area contributed by atoms with Gasteiger partial charge in [-0.05, 0) is 97.0 Å². The van der Waals surface area contributed by atoms with Crippen LogP contribution in [0.1, 0.15) is 99.0 Å². The van der Waals surface area contributed by atoms with Crippen LogP contribution in [0, 0.1) is 50.2 Å². The Hall–Kier alpha value is -1.98. The van der Waals surface area contributed by atoms with Crippen LogP contribution in [0.3, 0.4) is 0 Å². The Morgan fingerprint density at radius 2 is 1.67 bits per heavy atom. The van der Waals surface area contributed by atoms with Gasteiger partial charge in [0.1, 0.15) is 12.7 Å². The second kappa shape index (κ2) is 8.81. The van der Waals surface area contributed by atoms with E-state index in [0.717, 1.165) is 50.5 Å². The minimum Gasteiger partial charge on any atom is -0.460 e. The molecule has 1 saturated heterocycles. The van der Waals surface area contributed by atoms with Gasteiger partial charge >= 0.3 is 5.97 Å². The Morgan fingerprint density at radius 1 is 0.976 bits per heavy atom. The van der Waals surface area contributed by atoms with Gasteiger partial charge in [-0.1, -0.05) is 77.4 Å². The summed E-state index contributed by atoms with van der Waals surface area (Å²) in [7, 11) is 0. The molecule has 0 radical (unpaired) electrons. The van der Waals surface area contributed by atoms with Gasteiger partial charge in [0, 0.05) is 11.3 Å². The predicted molar refractivity (Wildman–Crippen MR) is 161 cm³/mol. The number of allylic oxidation sites excluding steroid dienone is 2. The number of aliphatic hydroxyl groups is 1. The van der Waals surface area contributed by atoms with Crippen LogP contribution in [-0.4, -0.2) is 35.2 Å². The highest BCUT2D eigenvalue weighted by Gasteiger charge is 2.77. The van der Waals surface area contributed by atoms with Gasteiger partial charge in [-0.2, -0.15) is 0 Å². The summed E-state index contributed by atoms with van der Waals surface area (Å²) in [5.74, 6) is 0.424. The van der Waals surface area contributed by atoms with Crippen molar-refractivity contribution >= 4 is 11.8 Å². The lowest BCUT2D eigenvalue weighted by molar-refractivity contribution is -0.195. The van der Waals surface area contributed by atoms with Gasteiger partial charge in [0.25, 0.3) is 0 Å². The third kappa shape index (κ3) is 3.56. The van der Waals surface area contributed by atoms with Crippen LogP contribution < -0.4 is 0 Å². The van der Waals surface area contributed by atoms with Crippen molar-refractivity contribution in [3.8, 4) is 0 Å². The second-order valence-corrected chi connectivity index (χ2v) is 17.0. The van der Waals surface area contributed by atoms with E-state index in [9.17, 15) is 14.7 Å². The average molecular weight is 575 g/mol. The first-order valence-electron chi connectivity index (χ1n) is 16.4. The molecule has 4 saturated carbocycles. The number of carbonyl (C=O) groups excluding carboxylic acids is 2. The molecule has 5 heteroatoms. The number of carbonyl (C=O) groups is 2. The largest absolute Gasteiger partial charge is 0.460 e. The summed E-state index contributed by atoms with van der Waals surface area (Å²) in [6.45, 7) is 16.3. The zero-order valence-electron chi connectivity index (χ0n) is 26.7. The van der Waals surface area contributed by atoms with E-state index in [4.69, 9.17) is 9.47 Å². The smallest absolute Gasteiger partial charge is 0.312 e. The summed E-state index contributed by atoms with van der Waals surface area (Å²) in [5, 5.41) is 11.2. The normalized spacial score (nSPS) is 50.2. The minimum atomic E-state index is -0.568. The maximum absolute atomic E-state index is 14.6. The van der Waals surface area contributed by atoms with E-state index in [0.29, 0.717) is 6.61 Å². The van der Waals surface area contributed by atoms with Gasteiger partial charge in [0.05, 0.1) is 17.6 Å². The minimum absolute atomic E-state index is 0.0520. The van der Waals surface area contributed by atoms with Crippen molar-refractivity contribution in [2.75, 3.05) is 0 Å². The molecule has 0 spiro atoms. The number of fused-ring (bicyclic) bond motifs is 9. The van der Waals surface area contributed by atoms with Gasteiger partial charge in [-0.3, -0.25) is 9.59 Å². The summed E-state index contributed by atoms with van der Waals surface area (Å²) in [5.41, 5.74) is 0.896. The molecule has 6 aliphatic rings. The van der Waals surface area contributed by atoms with Crippen molar-refractivity contribution in [2.45, 2.75) is 118 Å². The summed E-state index contributed by atoms with van der Waals surface area (Å²) < 4.78 is 12.2. The number of rotatable bonds is 3. The Balaban J connectivity index is 1.23. The summed E-state index contributed by atoms with van der Waals surface area (Å²) in [4.78, 5) is 28.2. The molecule has 11 atom stereocenters. The van der Waals surface area contributed by atoms with Crippen molar-refractivity contribution < 1.29 is 24.2 Å². The zero-order valence-corrected chi connectivity index (χ0v) is 26.7. The van der Waals surface area contributed by atoms with Crippen LogP contribution in [0.5, 0.6) is 0 Å². The fraction of sp³-hybridized carbons (Fsp3) is 0.730. The zero-order chi connectivity index (χ0) is 30.1. The quantitative estimate of drug-likeness (QED) is 0.309. The Morgan fingerprint density at radius 3 is 2.38 bits per heavy atom. The van der Waals surface area contributed by atoms with Crippen LogP contribution in [0.25, 0.3) is 0 Å². The first kappa shape index (κ1) is 28.8. The van der Waals surface area contributed by atoms with Crippen LogP contribution in [-0.2, 0) is 25.7 Å². The van der Waals surface area contributed by atoms with E-state index in [1.807, 2.05) is 30.3 Å². The molecule has 1 heterocycles. The van der Waals surface area contributed by atoms with Crippen molar-refractivity contribution in [2.24, 2.45) is 50.2 Å². The number of epoxide rings is 1. The molecule has 0 bridgehead atoms. The van der Waals surface area contributed by atoms with Crippen molar-refractivity contribution in [1.82, 2.24) is 0 Å². The molecular weight excluding hydrogens is 524 g/mol. The van der Waals surface area contributed by atoms with Gasteiger partial charge in [0.2, 0.25) is 0 Å². The van der Waals surface area contributed by atoms with Crippen LogP contribution in [0.4, 0.5) is 0 Å². The number of hydrogen-bond donors (Lipinski definition) is 1. The monoisotopic (exact) mass is 574 g/mol. The number of ketones is 1. The molecule has 0 aromatic heterocycles. The first-order chi connectivity index (χ1) is 19.6. The van der Waals surface area contributed by atoms with E-state index < -0.39 is 11.5 Å². The highest BCUT2D eigenvalue weighted by atomic mass is 16.6. The van der Waals surface area contributed by atoms with Gasteiger partial charge in [-0.15, -0.1) is 0 Å². The van der Waals surface area contributed by atoms with E-state index in [2.05, 4.69) is 54.5 Å². The van der Waals surface area contributed by atoms with Crippen molar-refractivity contribution in [1.29, 1.82) is 0 Å². The van der Waals surface area contributed by atoms with E-state index in [-0.39, 0.29) is 68.8 Å². The molecule has 42 heavy (non-hydrogen) atoms. The number of esters is 1. The highest BCUT2D eigenvalue weighted by Crippen LogP contribution is 2.76. The van der Waals surface area contributed by atoms with E-state index in [1.165, 1.54) is 5.57 Å². The van der Waals surface area contributed by atoms with Crippen LogP contribution in [0.2, 0.25) is 0 Å². The molecule has 7 rings (SSSR count). The van der Waals surface area contributed by atoms with Crippen LogP contribution >= 0.6 is 0 Å². The lowest BCUT2D eigenvalue weighted by atomic mass is 9.33. The molecular formula is C37H50O5. The van der Waals surface area contributed by atoms with Gasteiger partial charge in [-0.25, -0.2) is 0 Å². The molecule has 1 aliphatic heterocycles. The Kier molecular flexibility index (Phi) is 6.03. The number of ether oxygens (including phenoxy) is 2. The summed E-state index contributed by atoms with van der Waals surface area (Å²) in [6, 6.07) is 9.90. The van der Waals surface area contributed by atoms with E-state index in [1.54, 1.807) is 0 Å². The van der Waals surface area contributed by atoms with Crippen molar-refractivity contribution in [3.63, 3.8) is 0 Å². The Bertz CT molecular complexity index is 1350. The maximum Gasteiger partial charge on any atom is 0.312 e. The van der Waals surface area contributed by atoms with Crippen molar-refractivity contribution in [3.05, 3.63) is 47.5 Å². The SMILES string of the molecule is CC1(C)[C@@H](O)[C@@H]2O[C@@H]2[C@]2(C)[C@H]3C(=O)C=C4[C@@H]5C[C@@](C)(C(=O)OCc6ccccc6)CC[C@]5(C)CC[C@@]4(C)[C@]3(C)CC[C@@H]12. The molecule has 0 unspecified atom stereocenters. The van der Waals surface area contributed by atoms with Gasteiger partial charge < -0.3 is 14.6 Å². The fourth-order valence-corrected chi connectivity index (χ4v) is 11.6. The number of aliphatic hydroxyl groups excluding tert-OH is 1. The number of hydrogen-bond acceptors (Lipinski definition) is 5. The third-order valence-electron chi connectivity index (χ3n) is 14.6. The molecule has 5 fully saturated rings. The molecule has 5 aliphatic carbocycles. The molecule has 1 aromatic carbocycles. The van der Waals surface area contributed by atoms with Gasteiger partial charge in [0.15, 0.2) is 5.78 Å². The molecule has 1 aromatic rings. The summed E-state index contributed by atoms with van der Waals surface area (Å²) >= 11 is 0. The third-order valence-corrected chi connectivity index (χ3v) is 14.6. The first-order valence-corrected chi connectivity index (χ1v) is 16.4. The Labute approximate surface area is 251 Å². The topological polar surface area (TPSA) is 76.1 Å². The van der Waals surface area contributed by atoms with Crippen LogP contribution in [0.15, 0.2) is 42.0 Å². The lowest BCUT2D eigenvalue weighted by Gasteiger charge is -2.69. The molecule has 0 amide bonds. The fourth-order valence-electron chi connectivity index (χ4n) is 11.6. The standard InChI is InChI=1S/C37H50O5/c1-32(2)26-13-14-36(6)28(37(26,7)30-27(42-30)29(32)39)25(38)19-23-24-20-34(4,16-15-33(24,3)17-18-35(23,36)5)31(40)41-21-22-11-9-8-10-12-22/h8-12,19,24,26-30,39H,13-18,20-21H2,1-7H3/t24-,26-,27-,28-,29-,30-,33+,34-,35+,36+,37-/m0/s1. The van der Waals surface area contributed by atoms with E-state index >= 15 is 0 Å². The second-order valence-electron chi connectivity index (χ2n) is 17.0. The highest BCUT2D eigenvalue weighted by molar-refractivity contribution is 5.96. The predicted octanol–water partition coefficient (Wildman–Crippen LogP) is 7.06. The molecule has 5 nitrogen and oxygen atoms in total. The summed E-state index contributed by atoms with van der Waals surface area (Å²) in [6.07, 6.45) is 8.05. The molecule has 1 N–H and O–H groups in total.